The average Bonchev–Trinajstić information content (AvgIpc) is 2.37. The molecule has 3 nitrogen and oxygen atoms in total. The highest BCUT2D eigenvalue weighted by molar-refractivity contribution is 5.54. The fourth-order valence-electron chi connectivity index (χ4n) is 1.59. The van der Waals surface area contributed by atoms with Crippen LogP contribution in [-0.2, 0) is 0 Å². The maximum absolute atomic E-state index is 5.82. The molecule has 0 unspecified atom stereocenters. The Kier molecular flexibility index (Phi) is 1.55. The molecule has 0 aliphatic heterocycles. The Balaban J connectivity index is 2.97. The molecule has 0 fully saturated rings. The molecule has 0 saturated carbocycles. The van der Waals surface area contributed by atoms with Gasteiger partial charge in [0.05, 0.1) is 11.4 Å². The molecule has 2 aromatic rings. The van der Waals surface area contributed by atoms with Gasteiger partial charge in [0.1, 0.15) is 5.65 Å². The molecular weight excluding hydrogens is 162 g/mol. The van der Waals surface area contributed by atoms with Gasteiger partial charge in [0.2, 0.25) is 0 Å². The zero-order valence-corrected chi connectivity index (χ0v) is 8.13. The van der Waals surface area contributed by atoms with Crippen LogP contribution in [0.25, 0.3) is 5.65 Å². The first kappa shape index (κ1) is 8.10. The Morgan fingerprint density at radius 3 is 2.54 bits per heavy atom. The highest BCUT2D eigenvalue weighted by Crippen LogP contribution is 2.17. The van der Waals surface area contributed by atoms with Crippen molar-refractivity contribution in [3.05, 3.63) is 29.2 Å². The molecule has 2 N–H and O–H groups in total. The highest BCUT2D eigenvalue weighted by atomic mass is 15.0. The number of nitrogens with two attached hydrogens (primary N) is 1. The zero-order valence-electron chi connectivity index (χ0n) is 8.13. The first-order chi connectivity index (χ1) is 6.11. The molecule has 0 radical (unpaired) electrons. The normalized spacial score (nSPS) is 11.0. The number of hydrogen-bond donors (Lipinski definition) is 1. The molecular formula is C10H13N3. The number of aromatic nitrogens is 2. The van der Waals surface area contributed by atoms with Crippen LogP contribution >= 0.6 is 0 Å². The van der Waals surface area contributed by atoms with E-state index in [4.69, 9.17) is 5.73 Å². The van der Waals surface area contributed by atoms with Crippen LogP contribution in [0.15, 0.2) is 12.1 Å². The molecule has 0 aromatic carbocycles. The smallest absolute Gasteiger partial charge is 0.137 e. The van der Waals surface area contributed by atoms with Crippen LogP contribution in [0.4, 0.5) is 5.69 Å². The summed E-state index contributed by atoms with van der Waals surface area (Å²) in [6.07, 6.45) is 0. The predicted octanol–water partition coefficient (Wildman–Crippen LogP) is 1.84. The zero-order chi connectivity index (χ0) is 9.59. The van der Waals surface area contributed by atoms with E-state index < -0.39 is 0 Å². The number of nitrogens with zero attached hydrogens (tertiary/aromatic N) is 2. The van der Waals surface area contributed by atoms with Gasteiger partial charge < -0.3 is 5.73 Å². The molecule has 0 saturated heterocycles. The summed E-state index contributed by atoms with van der Waals surface area (Å²) in [5, 5.41) is 0. The van der Waals surface area contributed by atoms with Crippen LogP contribution in [0.5, 0.6) is 0 Å². The lowest BCUT2D eigenvalue weighted by molar-refractivity contribution is 1.03. The third-order valence-electron chi connectivity index (χ3n) is 2.54. The van der Waals surface area contributed by atoms with Crippen molar-refractivity contribution in [3.63, 3.8) is 0 Å². The summed E-state index contributed by atoms with van der Waals surface area (Å²) in [5.41, 5.74) is 10.9. The highest BCUT2D eigenvalue weighted by Gasteiger charge is 2.07. The van der Waals surface area contributed by atoms with Crippen LogP contribution in [-0.4, -0.2) is 9.38 Å². The largest absolute Gasteiger partial charge is 0.397 e. The van der Waals surface area contributed by atoms with E-state index in [2.05, 4.69) is 16.3 Å². The molecule has 68 valence electrons. The molecule has 0 aliphatic rings. The number of anilines is 1. The average molecular weight is 175 g/mol. The van der Waals surface area contributed by atoms with E-state index in [9.17, 15) is 0 Å². The Bertz CT molecular complexity index is 468. The van der Waals surface area contributed by atoms with Gasteiger partial charge >= 0.3 is 0 Å². The summed E-state index contributed by atoms with van der Waals surface area (Å²) in [5.74, 6) is 0. The van der Waals surface area contributed by atoms with Crippen molar-refractivity contribution in [1.82, 2.24) is 9.38 Å². The van der Waals surface area contributed by atoms with Gasteiger partial charge in [0.25, 0.3) is 0 Å². The second-order valence-corrected chi connectivity index (χ2v) is 3.35. The molecule has 3 heteroatoms. The molecule has 2 rings (SSSR count). The number of hydrogen-bond acceptors (Lipinski definition) is 2. The maximum Gasteiger partial charge on any atom is 0.137 e. The summed E-state index contributed by atoms with van der Waals surface area (Å²) >= 11 is 0. The molecule has 0 bridgehead atoms. The molecule has 13 heavy (non-hydrogen) atoms. The number of fused-ring (bicyclic) bond motifs is 1. The second kappa shape index (κ2) is 2.49. The van der Waals surface area contributed by atoms with Crippen LogP contribution in [0.1, 0.15) is 17.1 Å². The topological polar surface area (TPSA) is 43.3 Å². The van der Waals surface area contributed by atoms with Crippen molar-refractivity contribution in [2.75, 3.05) is 5.73 Å². The summed E-state index contributed by atoms with van der Waals surface area (Å²) in [7, 11) is 0. The third kappa shape index (κ3) is 1.00. The van der Waals surface area contributed by atoms with E-state index in [0.29, 0.717) is 0 Å². The van der Waals surface area contributed by atoms with Crippen LogP contribution in [0.2, 0.25) is 0 Å². The van der Waals surface area contributed by atoms with Gasteiger partial charge in [0, 0.05) is 11.4 Å². The monoisotopic (exact) mass is 175 g/mol. The van der Waals surface area contributed by atoms with Crippen molar-refractivity contribution in [2.24, 2.45) is 0 Å². The summed E-state index contributed by atoms with van der Waals surface area (Å²) < 4.78 is 2.09. The molecule has 2 heterocycles. The quantitative estimate of drug-likeness (QED) is 0.664. The number of imidazole rings is 1. The standard InChI is InChI=1S/C10H13N3/c1-6-7(2)13-8(3)9(11)4-5-10(13)12-6/h4-5H,11H2,1-3H3. The van der Waals surface area contributed by atoms with E-state index in [-0.39, 0.29) is 0 Å². The Hall–Kier alpha value is -1.51. The van der Waals surface area contributed by atoms with Crippen molar-refractivity contribution in [3.8, 4) is 0 Å². The number of nitrogen functional groups attached to an aromatic ring is 1. The minimum absolute atomic E-state index is 0.813. The van der Waals surface area contributed by atoms with Gasteiger partial charge in [-0.1, -0.05) is 0 Å². The van der Waals surface area contributed by atoms with Crippen molar-refractivity contribution >= 4 is 11.3 Å². The van der Waals surface area contributed by atoms with Crippen LogP contribution < -0.4 is 5.73 Å². The van der Waals surface area contributed by atoms with E-state index in [0.717, 1.165) is 22.7 Å². The van der Waals surface area contributed by atoms with E-state index in [1.807, 2.05) is 26.0 Å². The van der Waals surface area contributed by atoms with Gasteiger partial charge in [0.15, 0.2) is 0 Å². The molecule has 0 spiro atoms. The molecule has 0 atom stereocenters. The lowest BCUT2D eigenvalue weighted by Crippen LogP contribution is -1.98. The number of rotatable bonds is 0. The Morgan fingerprint density at radius 2 is 1.85 bits per heavy atom. The molecule has 0 amide bonds. The fourth-order valence-corrected chi connectivity index (χ4v) is 1.59. The van der Waals surface area contributed by atoms with Crippen molar-refractivity contribution in [2.45, 2.75) is 20.8 Å². The maximum atomic E-state index is 5.82. The first-order valence-corrected chi connectivity index (χ1v) is 4.32. The van der Waals surface area contributed by atoms with Crippen molar-refractivity contribution in [1.29, 1.82) is 0 Å². The predicted molar refractivity (Wildman–Crippen MR) is 53.8 cm³/mol. The number of pyridine rings is 1. The van der Waals surface area contributed by atoms with Crippen molar-refractivity contribution < 1.29 is 0 Å². The molecule has 2 aromatic heterocycles. The summed E-state index contributed by atoms with van der Waals surface area (Å²) in [4.78, 5) is 4.42. The van der Waals surface area contributed by atoms with Gasteiger partial charge in [-0.15, -0.1) is 0 Å². The van der Waals surface area contributed by atoms with E-state index in [1.54, 1.807) is 0 Å². The van der Waals surface area contributed by atoms with Gasteiger partial charge in [-0.05, 0) is 32.9 Å². The third-order valence-corrected chi connectivity index (χ3v) is 2.54. The first-order valence-electron chi connectivity index (χ1n) is 4.32. The second-order valence-electron chi connectivity index (χ2n) is 3.35. The minimum atomic E-state index is 0.813. The molecule has 0 aliphatic carbocycles. The lowest BCUT2D eigenvalue weighted by Gasteiger charge is -2.04. The van der Waals surface area contributed by atoms with E-state index >= 15 is 0 Å². The van der Waals surface area contributed by atoms with Gasteiger partial charge in [-0.25, -0.2) is 4.98 Å². The van der Waals surface area contributed by atoms with Crippen LogP contribution in [0.3, 0.4) is 0 Å². The number of aryl methyl sites for hydroxylation is 3. The Labute approximate surface area is 77.2 Å². The lowest BCUT2D eigenvalue weighted by atomic mass is 10.3. The minimum Gasteiger partial charge on any atom is -0.397 e. The fraction of sp³-hybridized carbons (Fsp3) is 0.300. The Morgan fingerprint density at radius 1 is 1.15 bits per heavy atom. The van der Waals surface area contributed by atoms with Gasteiger partial charge in [-0.3, -0.25) is 4.40 Å². The summed E-state index contributed by atoms with van der Waals surface area (Å²) in [6.45, 7) is 6.08. The van der Waals surface area contributed by atoms with Crippen LogP contribution in [0, 0.1) is 20.8 Å². The SMILES string of the molecule is Cc1nc2ccc(N)c(C)n2c1C. The summed E-state index contributed by atoms with van der Waals surface area (Å²) in [6, 6.07) is 3.85. The van der Waals surface area contributed by atoms with Gasteiger partial charge in [-0.2, -0.15) is 0 Å². The van der Waals surface area contributed by atoms with E-state index in [1.165, 1.54) is 5.69 Å².